The van der Waals surface area contributed by atoms with Gasteiger partial charge in [-0.05, 0) is 83.4 Å². The summed E-state index contributed by atoms with van der Waals surface area (Å²) in [4.78, 5) is 11.5. The van der Waals surface area contributed by atoms with Crippen LogP contribution in [-0.4, -0.2) is 41.1 Å². The van der Waals surface area contributed by atoms with Crippen LogP contribution in [-0.2, 0) is 0 Å². The molecule has 6 heteroatoms. The molecule has 2 aromatic rings. The fourth-order valence-electron chi connectivity index (χ4n) is 3.42. The Labute approximate surface area is 167 Å². The molecule has 1 aromatic carbocycles. The third kappa shape index (κ3) is 6.15. The molecular weight excluding hydrogens is 365 g/mol. The molecule has 148 valence electrons. The largest absolute Gasteiger partial charge is 0.477 e. The lowest BCUT2D eigenvalue weighted by molar-refractivity contribution is 0.214. The van der Waals surface area contributed by atoms with E-state index < -0.39 is 0 Å². The van der Waals surface area contributed by atoms with Crippen molar-refractivity contribution in [1.82, 2.24) is 14.9 Å². The van der Waals surface area contributed by atoms with Crippen molar-refractivity contribution in [3.05, 3.63) is 41.5 Å². The van der Waals surface area contributed by atoms with E-state index in [9.17, 15) is 4.39 Å². The Kier molecular flexibility index (Phi) is 8.45. The normalized spacial score (nSPS) is 14.6. The molecule has 1 aliphatic heterocycles. The van der Waals surface area contributed by atoms with E-state index in [0.29, 0.717) is 18.3 Å². The molecule has 0 amide bonds. The first-order valence-electron chi connectivity index (χ1n) is 9.60. The van der Waals surface area contributed by atoms with Gasteiger partial charge >= 0.3 is 0 Å². The molecule has 1 fully saturated rings. The summed E-state index contributed by atoms with van der Waals surface area (Å²) in [6.07, 6.45) is 6.21. The molecule has 1 aromatic heterocycles. The summed E-state index contributed by atoms with van der Waals surface area (Å²) in [5.74, 6) is 1.05. The highest BCUT2D eigenvalue weighted by molar-refractivity contribution is 5.85. The van der Waals surface area contributed by atoms with Crippen LogP contribution in [0.15, 0.2) is 24.3 Å². The fraction of sp³-hybridized carbons (Fsp3) is 0.524. The minimum Gasteiger partial charge on any atom is -0.477 e. The third-order valence-corrected chi connectivity index (χ3v) is 4.89. The van der Waals surface area contributed by atoms with Crippen molar-refractivity contribution in [3.63, 3.8) is 0 Å². The Bertz CT molecular complexity index is 718. The maximum atomic E-state index is 13.2. The topological polar surface area (TPSA) is 38.2 Å². The molecule has 1 saturated heterocycles. The molecule has 0 unspecified atom stereocenters. The molecule has 0 spiro atoms. The summed E-state index contributed by atoms with van der Waals surface area (Å²) < 4.78 is 19.1. The molecule has 0 aliphatic carbocycles. The van der Waals surface area contributed by atoms with Crippen molar-refractivity contribution in [1.29, 1.82) is 0 Å². The quantitative estimate of drug-likeness (QED) is 0.623. The van der Waals surface area contributed by atoms with Crippen LogP contribution in [0.3, 0.4) is 0 Å². The van der Waals surface area contributed by atoms with Gasteiger partial charge in [-0.25, -0.2) is 9.37 Å². The monoisotopic (exact) mass is 393 g/mol. The highest BCUT2D eigenvalue weighted by atomic mass is 35.5. The number of rotatable bonds is 7. The molecule has 27 heavy (non-hydrogen) atoms. The number of likely N-dealkylation sites (tertiary alicyclic amines) is 1. The van der Waals surface area contributed by atoms with Crippen molar-refractivity contribution in [2.75, 3.05) is 26.2 Å². The summed E-state index contributed by atoms with van der Waals surface area (Å²) in [5, 5.41) is 0. The number of ether oxygens (including phenoxy) is 1. The fourth-order valence-corrected chi connectivity index (χ4v) is 3.42. The molecule has 0 saturated carbocycles. The van der Waals surface area contributed by atoms with E-state index in [1.165, 1.54) is 44.5 Å². The number of aryl methyl sites for hydroxylation is 1. The highest BCUT2D eigenvalue weighted by Gasteiger charge is 2.13. The first kappa shape index (κ1) is 21.6. The van der Waals surface area contributed by atoms with Gasteiger partial charge in [0.25, 0.3) is 0 Å². The Morgan fingerprint density at radius 3 is 2.41 bits per heavy atom. The second-order valence-electron chi connectivity index (χ2n) is 7.01. The van der Waals surface area contributed by atoms with Gasteiger partial charge in [0.2, 0.25) is 5.88 Å². The molecule has 1 aliphatic rings. The maximum absolute atomic E-state index is 13.2. The number of benzene rings is 1. The van der Waals surface area contributed by atoms with Gasteiger partial charge in [0.1, 0.15) is 11.6 Å². The second-order valence-corrected chi connectivity index (χ2v) is 7.01. The van der Waals surface area contributed by atoms with Gasteiger partial charge in [-0.2, -0.15) is 4.98 Å². The van der Waals surface area contributed by atoms with Crippen LogP contribution in [0.25, 0.3) is 11.3 Å². The number of halogens is 2. The van der Waals surface area contributed by atoms with Crippen LogP contribution in [0, 0.1) is 19.7 Å². The van der Waals surface area contributed by atoms with Crippen LogP contribution in [0.1, 0.15) is 43.5 Å². The molecule has 2 heterocycles. The predicted molar refractivity (Wildman–Crippen MR) is 109 cm³/mol. The van der Waals surface area contributed by atoms with Crippen molar-refractivity contribution in [2.24, 2.45) is 0 Å². The van der Waals surface area contributed by atoms with E-state index >= 15 is 0 Å². The highest BCUT2D eigenvalue weighted by Crippen LogP contribution is 2.27. The summed E-state index contributed by atoms with van der Waals surface area (Å²) in [6, 6.07) is 6.39. The number of unbranched alkanes of at least 4 members (excludes halogenated alkanes) is 1. The van der Waals surface area contributed by atoms with Gasteiger partial charge in [0.15, 0.2) is 0 Å². The lowest BCUT2D eigenvalue weighted by Gasteiger charge is -2.26. The molecule has 4 nitrogen and oxygen atoms in total. The predicted octanol–water partition coefficient (Wildman–Crippen LogP) is 4.97. The Morgan fingerprint density at radius 1 is 1.00 bits per heavy atom. The van der Waals surface area contributed by atoms with E-state index in [4.69, 9.17) is 4.74 Å². The van der Waals surface area contributed by atoms with Crippen molar-refractivity contribution in [2.45, 2.75) is 46.0 Å². The van der Waals surface area contributed by atoms with Gasteiger partial charge in [-0.15, -0.1) is 12.4 Å². The third-order valence-electron chi connectivity index (χ3n) is 4.89. The lowest BCUT2D eigenvalue weighted by atomic mass is 10.1. The minimum atomic E-state index is -0.248. The van der Waals surface area contributed by atoms with Crippen LogP contribution in [0.2, 0.25) is 0 Å². The van der Waals surface area contributed by atoms with Crippen LogP contribution >= 0.6 is 12.4 Å². The average Bonchev–Trinajstić information content (AvgIpc) is 2.65. The van der Waals surface area contributed by atoms with E-state index in [-0.39, 0.29) is 18.2 Å². The van der Waals surface area contributed by atoms with Gasteiger partial charge in [0, 0.05) is 11.1 Å². The molecule has 0 bridgehead atoms. The minimum absolute atomic E-state index is 0. The average molecular weight is 394 g/mol. The zero-order chi connectivity index (χ0) is 18.4. The Hall–Kier alpha value is -1.72. The summed E-state index contributed by atoms with van der Waals surface area (Å²) in [5.41, 5.74) is 2.59. The van der Waals surface area contributed by atoms with Crippen LogP contribution < -0.4 is 4.74 Å². The molecule has 0 radical (unpaired) electrons. The van der Waals surface area contributed by atoms with Gasteiger partial charge in [0.05, 0.1) is 12.3 Å². The van der Waals surface area contributed by atoms with E-state index in [1.54, 1.807) is 12.1 Å². The Balaban J connectivity index is 0.00000261. The maximum Gasteiger partial charge on any atom is 0.220 e. The van der Waals surface area contributed by atoms with Gasteiger partial charge in [-0.3, -0.25) is 0 Å². The standard InChI is InChI=1S/C21H28FN3O.ClH/c1-16-20(18-8-10-19(22)11-9-18)23-17(2)24-21(16)26-15-7-6-14-25-12-4-3-5-13-25;/h8-11H,3-7,12-15H2,1-2H3;1H. The molecule has 0 atom stereocenters. The Morgan fingerprint density at radius 2 is 1.70 bits per heavy atom. The van der Waals surface area contributed by atoms with E-state index in [1.807, 2.05) is 13.8 Å². The zero-order valence-electron chi connectivity index (χ0n) is 16.2. The number of hydrogen-bond donors (Lipinski definition) is 0. The first-order valence-corrected chi connectivity index (χ1v) is 9.60. The first-order chi connectivity index (χ1) is 12.6. The number of hydrogen-bond acceptors (Lipinski definition) is 4. The van der Waals surface area contributed by atoms with Crippen molar-refractivity contribution in [3.8, 4) is 17.1 Å². The zero-order valence-corrected chi connectivity index (χ0v) is 17.0. The molecule has 3 rings (SSSR count). The SMILES string of the molecule is Cc1nc(OCCCCN2CCCCC2)c(C)c(-c2ccc(F)cc2)n1.Cl. The van der Waals surface area contributed by atoms with E-state index in [2.05, 4.69) is 14.9 Å². The van der Waals surface area contributed by atoms with Gasteiger partial charge < -0.3 is 9.64 Å². The number of aromatic nitrogens is 2. The smallest absolute Gasteiger partial charge is 0.220 e. The van der Waals surface area contributed by atoms with Crippen molar-refractivity contribution < 1.29 is 9.13 Å². The summed E-state index contributed by atoms with van der Waals surface area (Å²) in [6.45, 7) is 8.12. The van der Waals surface area contributed by atoms with Crippen LogP contribution in [0.5, 0.6) is 5.88 Å². The second kappa shape index (κ2) is 10.6. The number of piperidine rings is 1. The molecule has 0 N–H and O–H groups in total. The summed E-state index contributed by atoms with van der Waals surface area (Å²) >= 11 is 0. The lowest BCUT2D eigenvalue weighted by Crippen LogP contribution is -2.30. The summed E-state index contributed by atoms with van der Waals surface area (Å²) in [7, 11) is 0. The van der Waals surface area contributed by atoms with E-state index in [0.717, 1.165) is 36.2 Å². The van der Waals surface area contributed by atoms with Crippen molar-refractivity contribution >= 4 is 12.4 Å². The van der Waals surface area contributed by atoms with Crippen LogP contribution in [0.4, 0.5) is 4.39 Å². The number of nitrogens with zero attached hydrogens (tertiary/aromatic N) is 3. The molecular formula is C21H29ClFN3O. The van der Waals surface area contributed by atoms with Gasteiger partial charge in [-0.1, -0.05) is 6.42 Å².